The molecule has 3 aromatic carbocycles. The number of phenolic OH excluding ortho intramolecular Hbond substituents is 2. The fraction of sp³-hybridized carbons (Fsp3) is 0.0833. The first-order chi connectivity index (χ1) is 14.4. The molecule has 0 radical (unpaired) electrons. The number of benzene rings is 3. The number of hydrogen-bond donors (Lipinski definition) is 2. The lowest BCUT2D eigenvalue weighted by atomic mass is 9.91. The minimum absolute atomic E-state index is 0.0741. The van der Waals surface area contributed by atoms with Crippen molar-refractivity contribution in [2.75, 3.05) is 12.0 Å². The van der Waals surface area contributed by atoms with Crippen molar-refractivity contribution in [1.29, 1.82) is 0 Å². The van der Waals surface area contributed by atoms with Crippen LogP contribution >= 0.6 is 0 Å². The Morgan fingerprint density at radius 1 is 0.900 bits per heavy atom. The van der Waals surface area contributed by atoms with Crippen LogP contribution in [0.25, 0.3) is 11.6 Å². The van der Waals surface area contributed by atoms with Crippen LogP contribution in [0.2, 0.25) is 0 Å². The number of imide groups is 1. The molecular formula is C24H19NO5. The Morgan fingerprint density at radius 2 is 1.63 bits per heavy atom. The average molecular weight is 401 g/mol. The number of carbonyl (C=O) groups is 2. The summed E-state index contributed by atoms with van der Waals surface area (Å²) in [5.74, 6) is -1.55. The monoisotopic (exact) mass is 401 g/mol. The highest BCUT2D eigenvalue weighted by Crippen LogP contribution is 2.39. The smallest absolute Gasteiger partial charge is 0.265 e. The number of anilines is 1. The highest BCUT2D eigenvalue weighted by molar-refractivity contribution is 6.43. The summed E-state index contributed by atoms with van der Waals surface area (Å²) in [4.78, 5) is 27.7. The third kappa shape index (κ3) is 3.18. The Bertz CT molecular complexity index is 1210. The number of amides is 2. The van der Waals surface area contributed by atoms with Crippen molar-refractivity contribution >= 4 is 29.2 Å². The number of nitrogens with zero attached hydrogens (tertiary/aromatic N) is 1. The molecule has 0 aliphatic carbocycles. The molecule has 30 heavy (non-hydrogen) atoms. The van der Waals surface area contributed by atoms with Crippen LogP contribution in [0.5, 0.6) is 17.2 Å². The molecule has 0 atom stereocenters. The highest BCUT2D eigenvalue weighted by atomic mass is 16.5. The van der Waals surface area contributed by atoms with Crippen LogP contribution in [-0.4, -0.2) is 29.1 Å². The Labute approximate surface area is 173 Å². The lowest BCUT2D eigenvalue weighted by molar-refractivity contribution is -0.112. The first-order valence-corrected chi connectivity index (χ1v) is 9.27. The van der Waals surface area contributed by atoms with E-state index >= 15 is 0 Å². The van der Waals surface area contributed by atoms with Gasteiger partial charge in [0.15, 0.2) is 11.5 Å². The minimum Gasteiger partial charge on any atom is -0.504 e. The lowest BCUT2D eigenvalue weighted by Gasteiger charge is -2.29. The Kier molecular flexibility index (Phi) is 4.75. The maximum atomic E-state index is 13.4. The van der Waals surface area contributed by atoms with Gasteiger partial charge in [-0.2, -0.15) is 0 Å². The molecule has 1 heterocycles. The molecule has 6 nitrogen and oxygen atoms in total. The largest absolute Gasteiger partial charge is 0.504 e. The molecule has 0 spiro atoms. The van der Waals surface area contributed by atoms with E-state index in [2.05, 4.69) is 0 Å². The predicted octanol–water partition coefficient (Wildman–Crippen LogP) is 4.14. The van der Waals surface area contributed by atoms with Crippen molar-refractivity contribution in [1.82, 2.24) is 0 Å². The van der Waals surface area contributed by atoms with Gasteiger partial charge >= 0.3 is 0 Å². The molecule has 3 aromatic rings. The van der Waals surface area contributed by atoms with Crippen LogP contribution in [0, 0.1) is 6.92 Å². The number of rotatable bonds is 3. The second kappa shape index (κ2) is 7.40. The van der Waals surface area contributed by atoms with Gasteiger partial charge in [-0.25, -0.2) is 4.90 Å². The van der Waals surface area contributed by atoms with Crippen LogP contribution in [-0.2, 0) is 4.79 Å². The van der Waals surface area contributed by atoms with Crippen LogP contribution < -0.4 is 9.64 Å². The van der Waals surface area contributed by atoms with Crippen LogP contribution in [0.15, 0.2) is 60.7 Å². The maximum absolute atomic E-state index is 13.4. The normalized spacial score (nSPS) is 14.7. The molecule has 2 N–H and O–H groups in total. The number of carbonyl (C=O) groups excluding carboxylic acids is 2. The highest BCUT2D eigenvalue weighted by Gasteiger charge is 2.35. The summed E-state index contributed by atoms with van der Waals surface area (Å²) in [6, 6.07) is 16.9. The average Bonchev–Trinajstić information content (AvgIpc) is 2.73. The van der Waals surface area contributed by atoms with E-state index in [1.165, 1.54) is 19.2 Å². The van der Waals surface area contributed by atoms with E-state index in [0.717, 1.165) is 10.5 Å². The van der Waals surface area contributed by atoms with E-state index in [4.69, 9.17) is 4.74 Å². The van der Waals surface area contributed by atoms with Crippen molar-refractivity contribution in [3.05, 3.63) is 82.9 Å². The zero-order valence-electron chi connectivity index (χ0n) is 16.4. The number of aromatic hydroxyl groups is 2. The van der Waals surface area contributed by atoms with Crippen molar-refractivity contribution in [2.45, 2.75) is 6.92 Å². The second-order valence-electron chi connectivity index (χ2n) is 6.98. The van der Waals surface area contributed by atoms with Crippen molar-refractivity contribution in [2.24, 2.45) is 0 Å². The van der Waals surface area contributed by atoms with E-state index in [0.29, 0.717) is 28.0 Å². The molecule has 1 aliphatic rings. The van der Waals surface area contributed by atoms with Gasteiger partial charge < -0.3 is 14.9 Å². The van der Waals surface area contributed by atoms with Gasteiger partial charge in [0.2, 0.25) is 5.75 Å². The van der Waals surface area contributed by atoms with Gasteiger partial charge in [0.25, 0.3) is 11.8 Å². The molecule has 150 valence electrons. The summed E-state index contributed by atoms with van der Waals surface area (Å²) in [6.07, 6.45) is 1.57. The summed E-state index contributed by atoms with van der Waals surface area (Å²) in [7, 11) is 1.37. The summed E-state index contributed by atoms with van der Waals surface area (Å²) < 4.78 is 5.08. The van der Waals surface area contributed by atoms with Crippen LogP contribution in [0.1, 0.15) is 27.0 Å². The number of fused-ring (bicyclic) bond motifs is 1. The zero-order chi connectivity index (χ0) is 21.4. The first-order valence-electron chi connectivity index (χ1n) is 9.27. The summed E-state index contributed by atoms with van der Waals surface area (Å²) >= 11 is 0. The molecule has 0 unspecified atom stereocenters. The fourth-order valence-corrected chi connectivity index (χ4v) is 3.51. The van der Waals surface area contributed by atoms with Gasteiger partial charge in [-0.1, -0.05) is 30.3 Å². The van der Waals surface area contributed by atoms with E-state index in [1.54, 1.807) is 48.5 Å². The summed E-state index contributed by atoms with van der Waals surface area (Å²) in [6.45, 7) is 1.89. The third-order valence-electron chi connectivity index (χ3n) is 4.95. The Hall–Kier alpha value is -4.06. The molecular weight excluding hydrogens is 382 g/mol. The topological polar surface area (TPSA) is 87.1 Å². The molecule has 0 fully saturated rings. The summed E-state index contributed by atoms with van der Waals surface area (Å²) in [5.41, 5.74) is 3.04. The van der Waals surface area contributed by atoms with Gasteiger partial charge in [0.05, 0.1) is 12.8 Å². The second-order valence-corrected chi connectivity index (χ2v) is 6.98. The van der Waals surface area contributed by atoms with Gasteiger partial charge in [0.1, 0.15) is 0 Å². The maximum Gasteiger partial charge on any atom is 0.265 e. The van der Waals surface area contributed by atoms with Gasteiger partial charge in [-0.05, 0) is 60.0 Å². The number of phenols is 2. The quantitative estimate of drug-likeness (QED) is 0.391. The van der Waals surface area contributed by atoms with E-state index in [9.17, 15) is 19.8 Å². The van der Waals surface area contributed by atoms with Crippen LogP contribution in [0.4, 0.5) is 5.69 Å². The number of methoxy groups -OCH3 is 1. The SMILES string of the molecule is COc1cc(/C=C2/C(=O)N(c3cccc(C)c3)C(=O)c3ccccc32)cc(O)c1O. The van der Waals surface area contributed by atoms with Gasteiger partial charge in [-0.15, -0.1) is 0 Å². The van der Waals surface area contributed by atoms with Crippen molar-refractivity contribution in [3.63, 3.8) is 0 Å². The first kappa shape index (κ1) is 19.3. The molecule has 1 aliphatic heterocycles. The summed E-state index contributed by atoms with van der Waals surface area (Å²) in [5, 5.41) is 19.9. The lowest BCUT2D eigenvalue weighted by Crippen LogP contribution is -2.41. The zero-order valence-corrected chi connectivity index (χ0v) is 16.4. The minimum atomic E-state index is -0.476. The molecule has 0 saturated heterocycles. The van der Waals surface area contributed by atoms with Gasteiger partial charge in [0, 0.05) is 11.1 Å². The van der Waals surface area contributed by atoms with Crippen molar-refractivity contribution < 1.29 is 24.5 Å². The third-order valence-corrected chi connectivity index (χ3v) is 4.95. The number of hydrogen-bond acceptors (Lipinski definition) is 5. The van der Waals surface area contributed by atoms with E-state index in [-0.39, 0.29) is 17.2 Å². The fourth-order valence-electron chi connectivity index (χ4n) is 3.51. The molecule has 0 aromatic heterocycles. The van der Waals surface area contributed by atoms with Crippen LogP contribution in [0.3, 0.4) is 0 Å². The molecule has 6 heteroatoms. The van der Waals surface area contributed by atoms with E-state index in [1.807, 2.05) is 13.0 Å². The van der Waals surface area contributed by atoms with Gasteiger partial charge in [-0.3, -0.25) is 9.59 Å². The molecule has 4 rings (SSSR count). The standard InChI is InChI=1S/C24H19NO5/c1-14-6-5-7-16(10-14)25-23(28)18-9-4-3-8-17(18)19(24(25)29)11-15-12-20(26)22(27)21(13-15)30-2/h3-13,26-27H,1-2H3/b19-11+. The Morgan fingerprint density at radius 3 is 2.33 bits per heavy atom. The number of ether oxygens (including phenoxy) is 1. The predicted molar refractivity (Wildman–Crippen MR) is 114 cm³/mol. The molecule has 0 saturated carbocycles. The molecule has 0 bridgehead atoms. The number of aryl methyl sites for hydroxylation is 1. The Balaban J connectivity index is 1.92. The van der Waals surface area contributed by atoms with Crippen molar-refractivity contribution in [3.8, 4) is 17.2 Å². The molecule has 2 amide bonds. The van der Waals surface area contributed by atoms with E-state index < -0.39 is 11.8 Å².